The third-order valence-corrected chi connectivity index (χ3v) is 3.99. The number of carbonyl (C=O) groups excluding carboxylic acids is 2. The van der Waals surface area contributed by atoms with Gasteiger partial charge in [-0.1, -0.05) is 18.6 Å². The average Bonchev–Trinajstić information content (AvgIpc) is 2.69. The van der Waals surface area contributed by atoms with Crippen molar-refractivity contribution in [2.24, 2.45) is 5.41 Å². The maximum Gasteiger partial charge on any atom is 0.325 e. The molecule has 1 amide bonds. The quantitative estimate of drug-likeness (QED) is 0.562. The zero-order valence-electron chi connectivity index (χ0n) is 10.7. The van der Waals surface area contributed by atoms with Crippen molar-refractivity contribution in [3.63, 3.8) is 0 Å². The Labute approximate surface area is 107 Å². The van der Waals surface area contributed by atoms with Gasteiger partial charge in [-0.05, 0) is 19.3 Å². The zero-order valence-corrected chi connectivity index (χ0v) is 10.7. The molecule has 2 unspecified atom stereocenters. The molecule has 0 aromatic heterocycles. The molecule has 1 saturated carbocycles. The SMILES string of the molecule is COC(=O)CNC(=O)C12CC=CCNC1CCC2. The molecule has 100 valence electrons. The number of amides is 1. The van der Waals surface area contributed by atoms with Gasteiger partial charge in [0.1, 0.15) is 6.54 Å². The average molecular weight is 252 g/mol. The van der Waals surface area contributed by atoms with Crippen LogP contribution in [-0.2, 0) is 14.3 Å². The first-order valence-electron chi connectivity index (χ1n) is 6.42. The normalized spacial score (nSPS) is 30.4. The van der Waals surface area contributed by atoms with E-state index in [0.29, 0.717) is 0 Å². The number of carbonyl (C=O) groups is 2. The highest BCUT2D eigenvalue weighted by Crippen LogP contribution is 2.42. The molecule has 1 aliphatic carbocycles. The molecule has 0 saturated heterocycles. The molecule has 18 heavy (non-hydrogen) atoms. The Hall–Kier alpha value is -1.36. The van der Waals surface area contributed by atoms with Crippen LogP contribution >= 0.6 is 0 Å². The van der Waals surface area contributed by atoms with Crippen LogP contribution in [-0.4, -0.2) is 38.1 Å². The van der Waals surface area contributed by atoms with Crippen molar-refractivity contribution in [3.8, 4) is 0 Å². The molecule has 0 aromatic carbocycles. The highest BCUT2D eigenvalue weighted by atomic mass is 16.5. The van der Waals surface area contributed by atoms with Crippen LogP contribution in [0.5, 0.6) is 0 Å². The standard InChI is InChI=1S/C13H20N2O3/c1-18-11(16)9-15-12(17)13-6-2-3-8-14-10(13)5-4-7-13/h2-3,10,14H,4-9H2,1H3,(H,15,17). The molecule has 5 heteroatoms. The van der Waals surface area contributed by atoms with Gasteiger partial charge in [0.05, 0.1) is 12.5 Å². The van der Waals surface area contributed by atoms with Gasteiger partial charge in [-0.25, -0.2) is 0 Å². The van der Waals surface area contributed by atoms with Crippen LogP contribution in [0.3, 0.4) is 0 Å². The van der Waals surface area contributed by atoms with E-state index >= 15 is 0 Å². The van der Waals surface area contributed by atoms with Gasteiger partial charge in [0.25, 0.3) is 0 Å². The highest BCUT2D eigenvalue weighted by Gasteiger charge is 2.48. The number of methoxy groups -OCH3 is 1. The fourth-order valence-corrected chi connectivity index (χ4v) is 2.97. The summed E-state index contributed by atoms with van der Waals surface area (Å²) in [5.41, 5.74) is -0.388. The molecule has 1 aliphatic heterocycles. The summed E-state index contributed by atoms with van der Waals surface area (Å²) in [4.78, 5) is 23.5. The molecule has 1 heterocycles. The van der Waals surface area contributed by atoms with E-state index in [1.165, 1.54) is 7.11 Å². The van der Waals surface area contributed by atoms with Gasteiger partial charge in [0, 0.05) is 12.6 Å². The third-order valence-electron chi connectivity index (χ3n) is 3.99. The van der Waals surface area contributed by atoms with Crippen molar-refractivity contribution >= 4 is 11.9 Å². The minimum absolute atomic E-state index is 0.0329. The second-order valence-corrected chi connectivity index (χ2v) is 4.94. The molecule has 5 nitrogen and oxygen atoms in total. The Morgan fingerprint density at radius 1 is 1.50 bits per heavy atom. The highest BCUT2D eigenvalue weighted by molar-refractivity contribution is 5.87. The van der Waals surface area contributed by atoms with E-state index in [9.17, 15) is 9.59 Å². The molecule has 1 fully saturated rings. The summed E-state index contributed by atoms with van der Waals surface area (Å²) >= 11 is 0. The fraction of sp³-hybridized carbons (Fsp3) is 0.692. The lowest BCUT2D eigenvalue weighted by Gasteiger charge is -2.32. The maximum absolute atomic E-state index is 12.4. The summed E-state index contributed by atoms with van der Waals surface area (Å²) in [6, 6.07) is 0.213. The van der Waals surface area contributed by atoms with E-state index < -0.39 is 5.97 Å². The van der Waals surface area contributed by atoms with E-state index in [2.05, 4.69) is 27.5 Å². The Morgan fingerprint density at radius 2 is 2.33 bits per heavy atom. The van der Waals surface area contributed by atoms with E-state index in [4.69, 9.17) is 0 Å². The predicted octanol–water partition coefficient (Wildman–Crippen LogP) is 0.364. The molecule has 0 radical (unpaired) electrons. The van der Waals surface area contributed by atoms with Gasteiger partial charge in [-0.2, -0.15) is 0 Å². The van der Waals surface area contributed by atoms with Crippen molar-refractivity contribution in [3.05, 3.63) is 12.2 Å². The van der Waals surface area contributed by atoms with Crippen LogP contribution in [0.15, 0.2) is 12.2 Å². The molecule has 2 N–H and O–H groups in total. The van der Waals surface area contributed by atoms with E-state index in [1.54, 1.807) is 0 Å². The van der Waals surface area contributed by atoms with Crippen LogP contribution in [0, 0.1) is 5.41 Å². The lowest BCUT2D eigenvalue weighted by molar-refractivity contribution is -0.143. The lowest BCUT2D eigenvalue weighted by Crippen LogP contribution is -2.51. The summed E-state index contributed by atoms with van der Waals surface area (Å²) in [7, 11) is 1.32. The van der Waals surface area contributed by atoms with E-state index in [-0.39, 0.29) is 23.9 Å². The number of fused-ring (bicyclic) bond motifs is 1. The van der Waals surface area contributed by atoms with E-state index in [0.717, 1.165) is 32.2 Å². The van der Waals surface area contributed by atoms with Crippen LogP contribution in [0.2, 0.25) is 0 Å². The van der Waals surface area contributed by atoms with Gasteiger partial charge in [0.2, 0.25) is 5.91 Å². The first-order chi connectivity index (χ1) is 8.69. The van der Waals surface area contributed by atoms with E-state index in [1.807, 2.05) is 0 Å². The van der Waals surface area contributed by atoms with Gasteiger partial charge in [0.15, 0.2) is 0 Å². The van der Waals surface area contributed by atoms with Crippen LogP contribution in [0.4, 0.5) is 0 Å². The first kappa shape index (κ1) is 13.1. The Balaban J connectivity index is 2.05. The summed E-state index contributed by atoms with van der Waals surface area (Å²) in [5.74, 6) is -0.444. The number of hydrogen-bond donors (Lipinski definition) is 2. The first-order valence-corrected chi connectivity index (χ1v) is 6.42. The van der Waals surface area contributed by atoms with Crippen molar-refractivity contribution < 1.29 is 14.3 Å². The molecular weight excluding hydrogens is 232 g/mol. The van der Waals surface area contributed by atoms with Crippen molar-refractivity contribution in [1.29, 1.82) is 0 Å². The second kappa shape index (κ2) is 5.52. The lowest BCUT2D eigenvalue weighted by atomic mass is 9.78. The number of allylic oxidation sites excluding steroid dienone is 1. The molecule has 2 rings (SSSR count). The smallest absolute Gasteiger partial charge is 0.325 e. The Kier molecular flexibility index (Phi) is 4.01. The molecular formula is C13H20N2O3. The number of hydrogen-bond acceptors (Lipinski definition) is 4. The predicted molar refractivity (Wildman–Crippen MR) is 66.9 cm³/mol. The van der Waals surface area contributed by atoms with Gasteiger partial charge in [-0.3, -0.25) is 9.59 Å². The fourth-order valence-electron chi connectivity index (χ4n) is 2.97. The molecule has 2 atom stereocenters. The van der Waals surface area contributed by atoms with Crippen LogP contribution in [0.1, 0.15) is 25.7 Å². The molecule has 0 spiro atoms. The largest absolute Gasteiger partial charge is 0.468 e. The summed E-state index contributed by atoms with van der Waals surface area (Å²) in [6.07, 6.45) is 7.83. The van der Waals surface area contributed by atoms with Crippen molar-refractivity contribution in [2.75, 3.05) is 20.2 Å². The van der Waals surface area contributed by atoms with Crippen molar-refractivity contribution in [1.82, 2.24) is 10.6 Å². The number of rotatable bonds is 3. The minimum atomic E-state index is -0.411. The monoisotopic (exact) mass is 252 g/mol. The topological polar surface area (TPSA) is 67.4 Å². The van der Waals surface area contributed by atoms with Gasteiger partial charge >= 0.3 is 5.97 Å². The van der Waals surface area contributed by atoms with Gasteiger partial charge in [-0.15, -0.1) is 0 Å². The zero-order chi connectivity index (χ0) is 13.0. The number of ether oxygens (including phenoxy) is 1. The van der Waals surface area contributed by atoms with Gasteiger partial charge < -0.3 is 15.4 Å². The molecule has 2 aliphatic rings. The maximum atomic E-state index is 12.4. The molecule has 0 aromatic rings. The summed E-state index contributed by atoms with van der Waals surface area (Å²) in [6.45, 7) is 0.768. The van der Waals surface area contributed by atoms with Crippen LogP contribution in [0.25, 0.3) is 0 Å². The molecule has 0 bridgehead atoms. The number of nitrogens with one attached hydrogen (secondary N) is 2. The Bertz CT molecular complexity index is 367. The third kappa shape index (κ3) is 2.41. The second-order valence-electron chi connectivity index (χ2n) is 4.94. The minimum Gasteiger partial charge on any atom is -0.468 e. The van der Waals surface area contributed by atoms with Crippen molar-refractivity contribution in [2.45, 2.75) is 31.7 Å². The number of esters is 1. The Morgan fingerprint density at radius 3 is 3.11 bits per heavy atom. The summed E-state index contributed by atoms with van der Waals surface area (Å²) < 4.78 is 4.54. The summed E-state index contributed by atoms with van der Waals surface area (Å²) in [5, 5.41) is 6.11. The van der Waals surface area contributed by atoms with Crippen LogP contribution < -0.4 is 10.6 Å².